The molecule has 1 aliphatic rings. The number of hydrogen-bond donors (Lipinski definition) is 3. The first kappa shape index (κ1) is 16.2. The largest absolute Gasteiger partial charge is 0.491 e. The van der Waals surface area contributed by atoms with Crippen molar-refractivity contribution >= 4 is 0 Å². The van der Waals surface area contributed by atoms with E-state index in [0.717, 1.165) is 17.9 Å². The van der Waals surface area contributed by atoms with E-state index in [1.54, 1.807) is 0 Å². The number of hydrogen-bond acceptors (Lipinski definition) is 6. The molecule has 2 unspecified atom stereocenters. The summed E-state index contributed by atoms with van der Waals surface area (Å²) in [6, 6.07) is 7.53. The number of benzene rings is 1. The van der Waals surface area contributed by atoms with E-state index in [9.17, 15) is 5.11 Å². The normalized spacial score (nSPS) is 21.2. The van der Waals surface area contributed by atoms with Crippen LogP contribution in [0, 0.1) is 0 Å². The molecular weight excluding hydrogens is 272 g/mol. The van der Waals surface area contributed by atoms with Crippen LogP contribution in [0.1, 0.15) is 5.56 Å². The van der Waals surface area contributed by atoms with Crippen molar-refractivity contribution in [2.24, 2.45) is 5.73 Å². The Labute approximate surface area is 125 Å². The molecule has 21 heavy (non-hydrogen) atoms. The van der Waals surface area contributed by atoms with Crippen molar-refractivity contribution < 1.29 is 19.7 Å². The molecule has 1 aromatic carbocycles. The van der Waals surface area contributed by atoms with Crippen molar-refractivity contribution in [1.82, 2.24) is 4.90 Å². The average molecular weight is 296 g/mol. The van der Waals surface area contributed by atoms with Gasteiger partial charge in [0.15, 0.2) is 0 Å². The zero-order chi connectivity index (χ0) is 15.1. The lowest BCUT2D eigenvalue weighted by molar-refractivity contribution is -0.0641. The fourth-order valence-electron chi connectivity index (χ4n) is 2.32. The summed E-state index contributed by atoms with van der Waals surface area (Å²) in [5, 5.41) is 19.1. The molecule has 0 bridgehead atoms. The summed E-state index contributed by atoms with van der Waals surface area (Å²) in [6.45, 7) is 3.25. The van der Waals surface area contributed by atoms with E-state index in [0.29, 0.717) is 26.2 Å². The zero-order valence-electron chi connectivity index (χ0n) is 12.1. The highest BCUT2D eigenvalue weighted by Gasteiger charge is 2.21. The molecule has 0 spiro atoms. The number of aliphatic hydroxyl groups is 2. The van der Waals surface area contributed by atoms with E-state index in [4.69, 9.17) is 20.3 Å². The predicted molar refractivity (Wildman–Crippen MR) is 79.1 cm³/mol. The highest BCUT2D eigenvalue weighted by atomic mass is 16.5. The van der Waals surface area contributed by atoms with E-state index >= 15 is 0 Å². The van der Waals surface area contributed by atoms with E-state index in [2.05, 4.69) is 4.90 Å². The molecule has 1 saturated heterocycles. The van der Waals surface area contributed by atoms with Crippen molar-refractivity contribution in [2.75, 3.05) is 39.5 Å². The second-order valence-corrected chi connectivity index (χ2v) is 5.25. The van der Waals surface area contributed by atoms with Gasteiger partial charge in [-0.25, -0.2) is 0 Å². The lowest BCUT2D eigenvalue weighted by Gasteiger charge is -2.33. The van der Waals surface area contributed by atoms with Crippen LogP contribution >= 0.6 is 0 Å². The molecule has 0 amide bonds. The van der Waals surface area contributed by atoms with Crippen LogP contribution in [0.5, 0.6) is 5.75 Å². The Morgan fingerprint density at radius 1 is 1.38 bits per heavy atom. The van der Waals surface area contributed by atoms with Crippen molar-refractivity contribution in [2.45, 2.75) is 18.8 Å². The number of morpholine rings is 1. The summed E-state index contributed by atoms with van der Waals surface area (Å²) in [5.74, 6) is 0.724. The Bertz CT molecular complexity index is 413. The van der Waals surface area contributed by atoms with Gasteiger partial charge >= 0.3 is 0 Å². The van der Waals surface area contributed by atoms with Crippen molar-refractivity contribution in [3.05, 3.63) is 29.8 Å². The maximum absolute atomic E-state index is 10.0. The predicted octanol–water partition coefficient (Wildman–Crippen LogP) is -0.422. The number of β-amino-alcohol motifs (C(OH)–C–C–N with tert-alkyl or cyclic N) is 1. The Hall–Kier alpha value is -1.18. The van der Waals surface area contributed by atoms with Crippen molar-refractivity contribution in [1.29, 1.82) is 0 Å². The smallest absolute Gasteiger partial charge is 0.119 e. The fourth-order valence-corrected chi connectivity index (χ4v) is 2.32. The van der Waals surface area contributed by atoms with Crippen LogP contribution in [0.4, 0.5) is 0 Å². The van der Waals surface area contributed by atoms with Gasteiger partial charge in [0.25, 0.3) is 0 Å². The van der Waals surface area contributed by atoms with E-state index < -0.39 is 6.10 Å². The van der Waals surface area contributed by atoms with Crippen LogP contribution in [-0.2, 0) is 11.3 Å². The first-order chi connectivity index (χ1) is 10.2. The average Bonchev–Trinajstić information content (AvgIpc) is 2.53. The van der Waals surface area contributed by atoms with Crippen molar-refractivity contribution in [3.8, 4) is 5.75 Å². The fraction of sp³-hybridized carbons (Fsp3) is 0.600. The molecule has 1 aliphatic heterocycles. The minimum absolute atomic E-state index is 0.0105. The molecule has 0 aromatic heterocycles. The number of nitrogens with zero attached hydrogens (tertiary/aromatic N) is 1. The van der Waals surface area contributed by atoms with Gasteiger partial charge in [-0.2, -0.15) is 0 Å². The van der Waals surface area contributed by atoms with Crippen LogP contribution in [0.2, 0.25) is 0 Å². The summed E-state index contributed by atoms with van der Waals surface area (Å²) in [7, 11) is 0. The van der Waals surface area contributed by atoms with Crippen LogP contribution < -0.4 is 10.5 Å². The highest BCUT2D eigenvalue weighted by molar-refractivity contribution is 5.27. The Balaban J connectivity index is 1.72. The number of ether oxygens (including phenoxy) is 2. The molecule has 2 rings (SSSR count). The number of rotatable bonds is 7. The van der Waals surface area contributed by atoms with Gasteiger partial charge in [-0.15, -0.1) is 0 Å². The van der Waals surface area contributed by atoms with Gasteiger partial charge in [-0.1, -0.05) is 12.1 Å². The zero-order valence-corrected chi connectivity index (χ0v) is 12.1. The maximum atomic E-state index is 10.0. The monoisotopic (exact) mass is 296 g/mol. The molecule has 0 radical (unpaired) electrons. The van der Waals surface area contributed by atoms with E-state index in [1.165, 1.54) is 0 Å². The van der Waals surface area contributed by atoms with E-state index in [1.807, 2.05) is 24.3 Å². The SMILES string of the molecule is NCc1ccc(OCC(O)CN2CCOC(CO)C2)cc1. The quantitative estimate of drug-likeness (QED) is 0.633. The highest BCUT2D eigenvalue weighted by Crippen LogP contribution is 2.12. The van der Waals surface area contributed by atoms with Gasteiger partial charge in [0.1, 0.15) is 18.5 Å². The third kappa shape index (κ3) is 5.26. The second kappa shape index (κ2) is 8.31. The second-order valence-electron chi connectivity index (χ2n) is 5.25. The minimum Gasteiger partial charge on any atom is -0.491 e. The maximum Gasteiger partial charge on any atom is 0.119 e. The van der Waals surface area contributed by atoms with Gasteiger partial charge in [0, 0.05) is 26.2 Å². The molecule has 4 N–H and O–H groups in total. The summed E-state index contributed by atoms with van der Waals surface area (Å²) >= 11 is 0. The van der Waals surface area contributed by atoms with Gasteiger partial charge in [0.2, 0.25) is 0 Å². The molecule has 1 fully saturated rings. The molecule has 1 heterocycles. The molecular formula is C15H24N2O4. The standard InChI is InChI=1S/C15H24N2O4/c16-7-12-1-3-14(4-2-12)21-11-13(19)8-17-5-6-20-15(9-17)10-18/h1-4,13,15,18-19H,5-11,16H2. The summed E-state index contributed by atoms with van der Waals surface area (Å²) in [6.07, 6.45) is -0.729. The molecule has 0 saturated carbocycles. The third-order valence-electron chi connectivity index (χ3n) is 3.50. The van der Waals surface area contributed by atoms with Crippen LogP contribution in [0.3, 0.4) is 0 Å². The molecule has 6 nitrogen and oxygen atoms in total. The van der Waals surface area contributed by atoms with Crippen LogP contribution in [-0.4, -0.2) is 66.8 Å². The van der Waals surface area contributed by atoms with Gasteiger partial charge in [-0.3, -0.25) is 4.90 Å². The molecule has 2 atom stereocenters. The van der Waals surface area contributed by atoms with Crippen LogP contribution in [0.25, 0.3) is 0 Å². The molecule has 1 aromatic rings. The Kier molecular flexibility index (Phi) is 6.41. The van der Waals surface area contributed by atoms with Crippen LogP contribution in [0.15, 0.2) is 24.3 Å². The van der Waals surface area contributed by atoms with Gasteiger partial charge < -0.3 is 25.4 Å². The number of nitrogens with two attached hydrogens (primary N) is 1. The topological polar surface area (TPSA) is 88.2 Å². The molecule has 118 valence electrons. The summed E-state index contributed by atoms with van der Waals surface area (Å²) < 4.78 is 10.9. The molecule has 6 heteroatoms. The minimum atomic E-state index is -0.573. The number of aliphatic hydroxyl groups excluding tert-OH is 2. The summed E-state index contributed by atoms with van der Waals surface area (Å²) in [5.41, 5.74) is 6.58. The van der Waals surface area contributed by atoms with Gasteiger partial charge in [-0.05, 0) is 17.7 Å². The molecule has 0 aliphatic carbocycles. The Morgan fingerprint density at radius 3 is 2.81 bits per heavy atom. The Morgan fingerprint density at radius 2 is 2.14 bits per heavy atom. The van der Waals surface area contributed by atoms with Gasteiger partial charge in [0.05, 0.1) is 19.3 Å². The van der Waals surface area contributed by atoms with E-state index in [-0.39, 0.29) is 19.3 Å². The first-order valence-electron chi connectivity index (χ1n) is 7.26. The lowest BCUT2D eigenvalue weighted by atomic mass is 10.2. The third-order valence-corrected chi connectivity index (χ3v) is 3.50. The first-order valence-corrected chi connectivity index (χ1v) is 7.26. The summed E-state index contributed by atoms with van der Waals surface area (Å²) in [4.78, 5) is 2.08. The van der Waals surface area contributed by atoms with Crippen molar-refractivity contribution in [3.63, 3.8) is 0 Å². The lowest BCUT2D eigenvalue weighted by Crippen LogP contribution is -2.47.